The van der Waals surface area contributed by atoms with E-state index >= 15 is 0 Å². The largest absolute Gasteiger partial charge is 0.338 e. The van der Waals surface area contributed by atoms with E-state index in [0.29, 0.717) is 13.0 Å². The summed E-state index contributed by atoms with van der Waals surface area (Å²) in [4.78, 5) is 29.5. The van der Waals surface area contributed by atoms with Crippen molar-refractivity contribution in [2.45, 2.75) is 37.8 Å². The molecule has 1 aliphatic heterocycles. The third kappa shape index (κ3) is 2.40. The van der Waals surface area contributed by atoms with Gasteiger partial charge in [0.1, 0.15) is 5.82 Å². The molecule has 3 rings (SSSR count). The third-order valence-corrected chi connectivity index (χ3v) is 3.76. The zero-order valence-corrected chi connectivity index (χ0v) is 11.0. The van der Waals surface area contributed by atoms with Crippen molar-refractivity contribution in [1.29, 1.82) is 0 Å². The summed E-state index contributed by atoms with van der Waals surface area (Å²) < 4.78 is 1.96. The van der Waals surface area contributed by atoms with Crippen LogP contribution in [0.1, 0.15) is 25.1 Å². The van der Waals surface area contributed by atoms with E-state index in [9.17, 15) is 9.59 Å². The van der Waals surface area contributed by atoms with Gasteiger partial charge in [-0.3, -0.25) is 14.5 Å². The highest BCUT2D eigenvalue weighted by Gasteiger charge is 2.45. The zero-order chi connectivity index (χ0) is 13.4. The lowest BCUT2D eigenvalue weighted by atomic mass is 10.2. The Bertz CT molecular complexity index is 506. The van der Waals surface area contributed by atoms with Crippen LogP contribution in [0.2, 0.25) is 0 Å². The Balaban J connectivity index is 1.52. The molecule has 1 saturated heterocycles. The molecule has 102 valence electrons. The molecule has 0 spiro atoms. The number of likely N-dealkylation sites (tertiary alicyclic amines) is 1. The van der Waals surface area contributed by atoms with Crippen LogP contribution in [0.3, 0.4) is 0 Å². The Morgan fingerprint density at radius 2 is 2.21 bits per heavy atom. The number of imide groups is 1. The number of hydrogen-bond acceptors (Lipinski definition) is 4. The van der Waals surface area contributed by atoms with Crippen LogP contribution in [0.15, 0.2) is 12.4 Å². The molecule has 1 unspecified atom stereocenters. The topological polar surface area (TPSA) is 67.2 Å². The fourth-order valence-electron chi connectivity index (χ4n) is 2.52. The minimum absolute atomic E-state index is 0.0259. The van der Waals surface area contributed by atoms with Crippen LogP contribution in [0.25, 0.3) is 0 Å². The monoisotopic (exact) mass is 262 g/mol. The molecule has 1 N–H and O–H groups in total. The number of amides is 2. The summed E-state index contributed by atoms with van der Waals surface area (Å²) in [7, 11) is 1.95. The molecule has 1 aliphatic carbocycles. The van der Waals surface area contributed by atoms with Gasteiger partial charge in [-0.25, -0.2) is 4.98 Å². The van der Waals surface area contributed by atoms with Gasteiger partial charge in [0.2, 0.25) is 11.8 Å². The van der Waals surface area contributed by atoms with E-state index in [1.165, 1.54) is 4.90 Å². The fraction of sp³-hybridized carbons (Fsp3) is 0.615. The molecule has 19 heavy (non-hydrogen) atoms. The molecule has 6 heteroatoms. The van der Waals surface area contributed by atoms with Gasteiger partial charge in [0.05, 0.1) is 12.5 Å². The van der Waals surface area contributed by atoms with E-state index in [1.54, 1.807) is 6.20 Å². The smallest absolute Gasteiger partial charge is 0.247 e. The van der Waals surface area contributed by atoms with Crippen LogP contribution >= 0.6 is 0 Å². The third-order valence-electron chi connectivity index (χ3n) is 3.76. The summed E-state index contributed by atoms with van der Waals surface area (Å²) in [6, 6.07) is -0.158. The first kappa shape index (κ1) is 12.3. The van der Waals surface area contributed by atoms with E-state index in [-0.39, 0.29) is 23.9 Å². The van der Waals surface area contributed by atoms with Crippen molar-refractivity contribution in [2.24, 2.45) is 7.05 Å². The Kier molecular flexibility index (Phi) is 3.10. The second-order valence-electron chi connectivity index (χ2n) is 5.25. The van der Waals surface area contributed by atoms with Crippen molar-refractivity contribution in [3.8, 4) is 0 Å². The lowest BCUT2D eigenvalue weighted by molar-refractivity contribution is -0.139. The van der Waals surface area contributed by atoms with Gasteiger partial charge in [0.25, 0.3) is 0 Å². The number of hydrogen-bond donors (Lipinski definition) is 1. The number of carbonyl (C=O) groups is 2. The summed E-state index contributed by atoms with van der Waals surface area (Å²) in [6.07, 6.45) is 6.65. The first-order chi connectivity index (χ1) is 9.16. The average molecular weight is 262 g/mol. The van der Waals surface area contributed by atoms with Crippen molar-refractivity contribution < 1.29 is 9.59 Å². The number of carbonyl (C=O) groups excluding carboxylic acids is 2. The van der Waals surface area contributed by atoms with Gasteiger partial charge in [0.15, 0.2) is 0 Å². The number of aryl methyl sites for hydroxylation is 1. The maximum Gasteiger partial charge on any atom is 0.247 e. The molecule has 6 nitrogen and oxygen atoms in total. The van der Waals surface area contributed by atoms with Gasteiger partial charge >= 0.3 is 0 Å². The SMILES string of the molecule is Cn1ccnc1CCNC1CC(=O)N(C2CC2)C1=O. The van der Waals surface area contributed by atoms with Crippen LogP contribution in [0, 0.1) is 0 Å². The van der Waals surface area contributed by atoms with Crippen LogP contribution in [0.5, 0.6) is 0 Å². The second-order valence-corrected chi connectivity index (χ2v) is 5.25. The van der Waals surface area contributed by atoms with Gasteiger partial charge in [-0.2, -0.15) is 0 Å². The maximum absolute atomic E-state index is 12.1. The van der Waals surface area contributed by atoms with Crippen LogP contribution in [-0.4, -0.2) is 44.9 Å². The zero-order valence-electron chi connectivity index (χ0n) is 11.0. The molecule has 2 aliphatic rings. The molecule has 0 bridgehead atoms. The van der Waals surface area contributed by atoms with Crippen molar-refractivity contribution in [2.75, 3.05) is 6.54 Å². The van der Waals surface area contributed by atoms with Gasteiger partial charge in [-0.15, -0.1) is 0 Å². The molecule has 0 aromatic carbocycles. The molecule has 1 atom stereocenters. The van der Waals surface area contributed by atoms with E-state index in [0.717, 1.165) is 25.1 Å². The Morgan fingerprint density at radius 3 is 2.84 bits per heavy atom. The first-order valence-corrected chi connectivity index (χ1v) is 6.72. The molecule has 1 saturated carbocycles. The van der Waals surface area contributed by atoms with E-state index in [1.807, 2.05) is 17.8 Å². The highest BCUT2D eigenvalue weighted by Crippen LogP contribution is 2.31. The molecular weight excluding hydrogens is 244 g/mol. The van der Waals surface area contributed by atoms with Crippen molar-refractivity contribution >= 4 is 11.8 Å². The van der Waals surface area contributed by atoms with Crippen LogP contribution in [0.4, 0.5) is 0 Å². The summed E-state index contributed by atoms with van der Waals surface area (Å²) in [6.45, 7) is 0.660. The van der Waals surface area contributed by atoms with E-state index in [2.05, 4.69) is 10.3 Å². The Morgan fingerprint density at radius 1 is 1.42 bits per heavy atom. The number of aromatic nitrogens is 2. The molecule has 1 aromatic rings. The number of imidazole rings is 1. The Hall–Kier alpha value is -1.69. The summed E-state index contributed by atoms with van der Waals surface area (Å²) >= 11 is 0. The highest BCUT2D eigenvalue weighted by atomic mass is 16.2. The normalized spacial score (nSPS) is 23.4. The first-order valence-electron chi connectivity index (χ1n) is 6.72. The summed E-state index contributed by atoms with van der Waals surface area (Å²) in [5.74, 6) is 0.901. The minimum atomic E-state index is -0.339. The molecular formula is C13H18N4O2. The predicted molar refractivity (Wildman–Crippen MR) is 68.2 cm³/mol. The number of nitrogens with one attached hydrogen (secondary N) is 1. The molecule has 2 amide bonds. The predicted octanol–water partition coefficient (Wildman–Crippen LogP) is -0.158. The highest BCUT2D eigenvalue weighted by molar-refractivity contribution is 6.06. The fourth-order valence-corrected chi connectivity index (χ4v) is 2.52. The maximum atomic E-state index is 12.1. The van der Waals surface area contributed by atoms with Gasteiger partial charge in [-0.1, -0.05) is 0 Å². The average Bonchev–Trinajstić information content (AvgIpc) is 3.06. The van der Waals surface area contributed by atoms with Gasteiger partial charge < -0.3 is 9.88 Å². The van der Waals surface area contributed by atoms with Crippen molar-refractivity contribution in [3.05, 3.63) is 18.2 Å². The van der Waals surface area contributed by atoms with Gasteiger partial charge in [0, 0.05) is 38.4 Å². The van der Waals surface area contributed by atoms with E-state index < -0.39 is 0 Å². The standard InChI is InChI=1S/C13H18N4O2/c1-16-7-6-15-11(16)4-5-14-10-8-12(18)17(13(10)19)9-2-3-9/h6-7,9-10,14H,2-5,8H2,1H3. The van der Waals surface area contributed by atoms with Crippen molar-refractivity contribution in [1.82, 2.24) is 19.8 Å². The lowest BCUT2D eigenvalue weighted by Crippen LogP contribution is -2.40. The number of nitrogens with zero attached hydrogens (tertiary/aromatic N) is 3. The minimum Gasteiger partial charge on any atom is -0.338 e. The quantitative estimate of drug-likeness (QED) is 0.749. The molecule has 0 radical (unpaired) electrons. The lowest BCUT2D eigenvalue weighted by Gasteiger charge is -2.14. The number of rotatable bonds is 5. The second kappa shape index (κ2) is 4.77. The Labute approximate surface area is 111 Å². The summed E-state index contributed by atoms with van der Waals surface area (Å²) in [5, 5.41) is 3.17. The molecule has 2 fully saturated rings. The van der Waals surface area contributed by atoms with Crippen LogP contribution in [-0.2, 0) is 23.1 Å². The molecule has 2 heterocycles. The van der Waals surface area contributed by atoms with E-state index in [4.69, 9.17) is 0 Å². The van der Waals surface area contributed by atoms with Crippen molar-refractivity contribution in [3.63, 3.8) is 0 Å². The molecule has 1 aromatic heterocycles. The summed E-state index contributed by atoms with van der Waals surface area (Å²) in [5.41, 5.74) is 0. The van der Waals surface area contributed by atoms with Gasteiger partial charge in [-0.05, 0) is 12.8 Å². The van der Waals surface area contributed by atoms with Crippen LogP contribution < -0.4 is 5.32 Å².